The van der Waals surface area contributed by atoms with Gasteiger partial charge < -0.3 is 20.7 Å². The van der Waals surface area contributed by atoms with Crippen molar-refractivity contribution in [2.45, 2.75) is 84.4 Å². The van der Waals surface area contributed by atoms with Crippen LogP contribution in [0.25, 0.3) is 0 Å². The van der Waals surface area contributed by atoms with Crippen molar-refractivity contribution in [1.82, 2.24) is 16.0 Å². The summed E-state index contributed by atoms with van der Waals surface area (Å²) in [6, 6.07) is 15.6. The number of amides is 3. The van der Waals surface area contributed by atoms with E-state index in [4.69, 9.17) is 4.74 Å². The van der Waals surface area contributed by atoms with Crippen molar-refractivity contribution in [2.24, 2.45) is 17.8 Å². The van der Waals surface area contributed by atoms with Gasteiger partial charge in [-0.15, -0.1) is 0 Å². The summed E-state index contributed by atoms with van der Waals surface area (Å²) in [5.74, 6) is -0.917. The molecule has 0 fully saturated rings. The standard InChI is InChI=1S/C33H47N3O6S/c1-23(2)19-27(17-18-43(40,41)28-15-11-8-12-16-28)34-31(37)29(20-24(3)4)35-32(38)30(21-25(5)6)36-33(39)42-22-26-13-9-7-10-14-26/h7-17,23-25,29-30H,18-22H2,1-6H3,(H,34,37)(H,35,38)(H,36,39)/b27-17+/t29-,30-/m0/s1. The minimum absolute atomic E-state index is 0.0615. The summed E-state index contributed by atoms with van der Waals surface area (Å²) in [6.07, 6.45) is 1.94. The smallest absolute Gasteiger partial charge is 0.408 e. The molecule has 0 bridgehead atoms. The maximum Gasteiger partial charge on any atom is 0.408 e. The predicted molar refractivity (Wildman–Crippen MR) is 169 cm³/mol. The molecule has 0 aromatic heterocycles. The van der Waals surface area contributed by atoms with Gasteiger partial charge in [0.15, 0.2) is 9.84 Å². The summed E-state index contributed by atoms with van der Waals surface area (Å²) in [5.41, 5.74) is 1.29. The highest BCUT2D eigenvalue weighted by molar-refractivity contribution is 7.91. The van der Waals surface area contributed by atoms with Crippen LogP contribution in [0.1, 0.15) is 66.4 Å². The Labute approximate surface area is 256 Å². The first-order chi connectivity index (χ1) is 20.3. The predicted octanol–water partition coefficient (Wildman–Crippen LogP) is 5.38. The van der Waals surface area contributed by atoms with Gasteiger partial charge in [-0.25, -0.2) is 13.2 Å². The lowest BCUT2D eigenvalue weighted by atomic mass is 10.00. The van der Waals surface area contributed by atoms with Gasteiger partial charge in [0.1, 0.15) is 18.7 Å². The zero-order valence-electron chi connectivity index (χ0n) is 26.1. The zero-order valence-corrected chi connectivity index (χ0v) is 26.9. The fourth-order valence-corrected chi connectivity index (χ4v) is 5.57. The van der Waals surface area contributed by atoms with E-state index in [1.54, 1.807) is 18.2 Å². The van der Waals surface area contributed by atoms with Gasteiger partial charge in [0.05, 0.1) is 10.6 Å². The van der Waals surface area contributed by atoms with Crippen LogP contribution in [0.15, 0.2) is 77.3 Å². The van der Waals surface area contributed by atoms with Crippen molar-refractivity contribution in [1.29, 1.82) is 0 Å². The summed E-state index contributed by atoms with van der Waals surface area (Å²) >= 11 is 0. The Morgan fingerprint density at radius 3 is 1.81 bits per heavy atom. The first kappa shape index (κ1) is 35.5. The number of ether oxygens (including phenoxy) is 1. The van der Waals surface area contributed by atoms with Crippen molar-refractivity contribution in [2.75, 3.05) is 5.75 Å². The van der Waals surface area contributed by atoms with Gasteiger partial charge in [-0.1, -0.05) is 90.1 Å². The molecule has 2 aromatic rings. The van der Waals surface area contributed by atoms with Crippen LogP contribution in [-0.2, 0) is 30.8 Å². The molecule has 2 aromatic carbocycles. The van der Waals surface area contributed by atoms with Gasteiger partial charge in [-0.2, -0.15) is 0 Å². The van der Waals surface area contributed by atoms with E-state index in [1.165, 1.54) is 18.2 Å². The van der Waals surface area contributed by atoms with E-state index in [2.05, 4.69) is 16.0 Å². The first-order valence-electron chi connectivity index (χ1n) is 14.8. The second-order valence-corrected chi connectivity index (χ2v) is 14.0. The molecule has 43 heavy (non-hydrogen) atoms. The highest BCUT2D eigenvalue weighted by Gasteiger charge is 2.29. The lowest BCUT2D eigenvalue weighted by Crippen LogP contribution is -2.54. The van der Waals surface area contributed by atoms with E-state index in [-0.39, 0.29) is 35.0 Å². The van der Waals surface area contributed by atoms with Crippen LogP contribution in [0.4, 0.5) is 4.79 Å². The van der Waals surface area contributed by atoms with Crippen LogP contribution in [0.5, 0.6) is 0 Å². The normalized spacial score (nSPS) is 13.5. The molecule has 0 unspecified atom stereocenters. The number of hydrogen-bond acceptors (Lipinski definition) is 6. The van der Waals surface area contributed by atoms with E-state index >= 15 is 0 Å². The van der Waals surface area contributed by atoms with E-state index < -0.39 is 39.8 Å². The molecule has 10 heteroatoms. The lowest BCUT2D eigenvalue weighted by molar-refractivity contribution is -0.130. The van der Waals surface area contributed by atoms with E-state index in [0.29, 0.717) is 25.0 Å². The average Bonchev–Trinajstić information content (AvgIpc) is 2.94. The number of benzene rings is 2. The van der Waals surface area contributed by atoms with Crippen LogP contribution in [0, 0.1) is 17.8 Å². The average molecular weight is 614 g/mol. The topological polar surface area (TPSA) is 131 Å². The van der Waals surface area contributed by atoms with Gasteiger partial charge in [-0.05, 0) is 60.8 Å². The van der Waals surface area contributed by atoms with E-state index in [1.807, 2.05) is 71.9 Å². The van der Waals surface area contributed by atoms with Crippen molar-refractivity contribution in [3.05, 3.63) is 78.0 Å². The third-order valence-electron chi connectivity index (χ3n) is 6.43. The zero-order chi connectivity index (χ0) is 32.0. The summed E-state index contributed by atoms with van der Waals surface area (Å²) < 4.78 is 31.0. The Bertz CT molecular complexity index is 1310. The van der Waals surface area contributed by atoms with Crippen LogP contribution < -0.4 is 16.0 Å². The largest absolute Gasteiger partial charge is 0.445 e. The summed E-state index contributed by atoms with van der Waals surface area (Å²) in [7, 11) is -3.59. The molecule has 0 aliphatic heterocycles. The van der Waals surface area contributed by atoms with Gasteiger partial charge in [-0.3, -0.25) is 9.59 Å². The van der Waals surface area contributed by atoms with Crippen molar-refractivity contribution in [3.8, 4) is 0 Å². The second kappa shape index (κ2) is 17.5. The van der Waals surface area contributed by atoms with Crippen molar-refractivity contribution in [3.63, 3.8) is 0 Å². The minimum Gasteiger partial charge on any atom is -0.445 e. The number of allylic oxidation sites excluding steroid dienone is 1. The quantitative estimate of drug-likeness (QED) is 0.233. The summed E-state index contributed by atoms with van der Waals surface area (Å²) in [5, 5.41) is 8.35. The number of alkyl carbamates (subject to hydrolysis) is 1. The van der Waals surface area contributed by atoms with Crippen molar-refractivity contribution >= 4 is 27.7 Å². The second-order valence-electron chi connectivity index (χ2n) is 12.0. The molecule has 3 amide bonds. The number of carbonyl (C=O) groups is 3. The van der Waals surface area contributed by atoms with Gasteiger partial charge in [0.2, 0.25) is 11.8 Å². The van der Waals surface area contributed by atoms with Crippen LogP contribution in [0.2, 0.25) is 0 Å². The molecule has 2 atom stereocenters. The molecular weight excluding hydrogens is 566 g/mol. The molecule has 0 aliphatic rings. The molecular formula is C33H47N3O6S. The highest BCUT2D eigenvalue weighted by atomic mass is 32.2. The molecule has 3 N–H and O–H groups in total. The fourth-order valence-electron chi connectivity index (χ4n) is 4.39. The summed E-state index contributed by atoms with van der Waals surface area (Å²) in [4.78, 5) is 39.7. The Balaban J connectivity index is 2.16. The molecule has 2 rings (SSSR count). The molecule has 0 saturated carbocycles. The maximum atomic E-state index is 13.5. The Hall–Kier alpha value is -3.66. The third kappa shape index (κ3) is 13.5. The molecule has 0 saturated heterocycles. The van der Waals surface area contributed by atoms with E-state index in [0.717, 1.165) is 5.56 Å². The first-order valence-corrected chi connectivity index (χ1v) is 16.5. The maximum absolute atomic E-state index is 13.5. The van der Waals surface area contributed by atoms with Crippen LogP contribution >= 0.6 is 0 Å². The number of carbonyl (C=O) groups excluding carboxylic acids is 3. The Kier molecular flexibility index (Phi) is 14.4. The Morgan fingerprint density at radius 1 is 0.744 bits per heavy atom. The molecule has 0 heterocycles. The summed E-state index contributed by atoms with van der Waals surface area (Å²) in [6.45, 7) is 11.7. The third-order valence-corrected chi connectivity index (χ3v) is 8.03. The van der Waals surface area contributed by atoms with Gasteiger partial charge in [0, 0.05) is 5.70 Å². The number of sulfone groups is 1. The molecule has 9 nitrogen and oxygen atoms in total. The molecule has 236 valence electrons. The number of nitrogens with one attached hydrogen (secondary N) is 3. The van der Waals surface area contributed by atoms with Crippen molar-refractivity contribution < 1.29 is 27.5 Å². The fraction of sp³-hybridized carbons (Fsp3) is 0.485. The highest BCUT2D eigenvalue weighted by Crippen LogP contribution is 2.15. The number of hydrogen-bond donors (Lipinski definition) is 3. The van der Waals surface area contributed by atoms with E-state index in [9.17, 15) is 22.8 Å². The van der Waals surface area contributed by atoms with Gasteiger partial charge >= 0.3 is 6.09 Å². The van der Waals surface area contributed by atoms with Crippen LogP contribution in [-0.4, -0.2) is 44.2 Å². The molecule has 0 aliphatic carbocycles. The Morgan fingerprint density at radius 2 is 1.28 bits per heavy atom. The SMILES string of the molecule is CC(C)C/C(=C\CS(=O)(=O)c1ccccc1)NC(=O)[C@H](CC(C)C)NC(=O)[C@H](CC(C)C)NC(=O)OCc1ccccc1. The lowest BCUT2D eigenvalue weighted by Gasteiger charge is -2.25. The van der Waals surface area contributed by atoms with Crippen LogP contribution in [0.3, 0.4) is 0 Å². The molecule has 0 spiro atoms. The monoisotopic (exact) mass is 613 g/mol. The van der Waals surface area contributed by atoms with Gasteiger partial charge in [0.25, 0.3) is 0 Å². The number of rotatable bonds is 16. The molecule has 0 radical (unpaired) electrons. The minimum atomic E-state index is -3.59.